The number of carbonyl (C=O) groups is 2. The number of carbonyl (C=O) groups excluding carboxylic acids is 2. The number of aliphatic hydroxyl groups is 1. The van der Waals surface area contributed by atoms with Crippen molar-refractivity contribution in [3.8, 4) is 11.5 Å². The molecule has 0 spiro atoms. The SMILES string of the molecule is C=CCOc1ccc(C2/C(=C(\O)c3ccc(C)cc3)C(=O)C(=O)N2CCN2CCOCC2)cc1OCC. The number of benzene rings is 2. The lowest BCUT2D eigenvalue weighted by Gasteiger charge is -2.31. The Balaban J connectivity index is 1.77. The van der Waals surface area contributed by atoms with E-state index in [4.69, 9.17) is 14.2 Å². The van der Waals surface area contributed by atoms with E-state index in [1.54, 1.807) is 35.2 Å². The molecule has 196 valence electrons. The molecule has 4 rings (SSSR count). The van der Waals surface area contributed by atoms with Crippen molar-refractivity contribution >= 4 is 17.4 Å². The predicted molar refractivity (Wildman–Crippen MR) is 141 cm³/mol. The zero-order chi connectivity index (χ0) is 26.4. The highest BCUT2D eigenvalue weighted by Crippen LogP contribution is 2.42. The lowest BCUT2D eigenvalue weighted by Crippen LogP contribution is -2.42. The summed E-state index contributed by atoms with van der Waals surface area (Å²) in [6.45, 7) is 12.0. The maximum absolute atomic E-state index is 13.3. The summed E-state index contributed by atoms with van der Waals surface area (Å²) in [5.41, 5.74) is 2.23. The fraction of sp³-hybridized carbons (Fsp3) is 0.379. The third-order valence-electron chi connectivity index (χ3n) is 6.57. The predicted octanol–water partition coefficient (Wildman–Crippen LogP) is 3.71. The number of ether oxygens (including phenoxy) is 3. The monoisotopic (exact) mass is 506 g/mol. The Morgan fingerprint density at radius 2 is 1.81 bits per heavy atom. The third kappa shape index (κ3) is 5.87. The van der Waals surface area contributed by atoms with E-state index < -0.39 is 17.7 Å². The van der Waals surface area contributed by atoms with Gasteiger partial charge in [0, 0.05) is 31.7 Å². The third-order valence-corrected chi connectivity index (χ3v) is 6.57. The second-order valence-corrected chi connectivity index (χ2v) is 9.05. The van der Waals surface area contributed by atoms with E-state index in [9.17, 15) is 14.7 Å². The van der Waals surface area contributed by atoms with Gasteiger partial charge < -0.3 is 24.2 Å². The van der Waals surface area contributed by atoms with Gasteiger partial charge in [-0.2, -0.15) is 0 Å². The average Bonchev–Trinajstić information content (AvgIpc) is 3.17. The molecule has 0 bridgehead atoms. The van der Waals surface area contributed by atoms with Crippen molar-refractivity contribution in [1.29, 1.82) is 0 Å². The molecule has 1 unspecified atom stereocenters. The molecule has 2 aromatic rings. The van der Waals surface area contributed by atoms with Crippen LogP contribution in [0.2, 0.25) is 0 Å². The van der Waals surface area contributed by atoms with E-state index in [2.05, 4.69) is 11.5 Å². The van der Waals surface area contributed by atoms with Crippen LogP contribution in [0, 0.1) is 6.92 Å². The van der Waals surface area contributed by atoms with Crippen molar-refractivity contribution in [1.82, 2.24) is 9.80 Å². The normalized spacial score (nSPS) is 19.7. The lowest BCUT2D eigenvalue weighted by molar-refractivity contribution is -0.140. The van der Waals surface area contributed by atoms with Crippen molar-refractivity contribution in [2.24, 2.45) is 0 Å². The van der Waals surface area contributed by atoms with Crippen LogP contribution in [-0.4, -0.2) is 79.2 Å². The van der Waals surface area contributed by atoms with Crippen LogP contribution >= 0.6 is 0 Å². The Morgan fingerprint density at radius 3 is 2.49 bits per heavy atom. The molecule has 2 aliphatic rings. The molecule has 2 aromatic carbocycles. The number of morpholine rings is 1. The zero-order valence-corrected chi connectivity index (χ0v) is 21.4. The number of Topliss-reactive ketones (excluding diaryl/α,β-unsaturated/α-hetero) is 1. The molecule has 0 aromatic heterocycles. The van der Waals surface area contributed by atoms with E-state index in [-0.39, 0.29) is 11.3 Å². The number of amides is 1. The fourth-order valence-corrected chi connectivity index (χ4v) is 4.63. The fourth-order valence-electron chi connectivity index (χ4n) is 4.63. The van der Waals surface area contributed by atoms with Gasteiger partial charge in [-0.05, 0) is 31.5 Å². The van der Waals surface area contributed by atoms with Crippen LogP contribution in [0.1, 0.15) is 29.7 Å². The van der Waals surface area contributed by atoms with Crippen LogP contribution in [0.15, 0.2) is 60.7 Å². The number of ketones is 1. The molecule has 1 atom stereocenters. The molecule has 2 saturated heterocycles. The van der Waals surface area contributed by atoms with Gasteiger partial charge in [0.25, 0.3) is 11.7 Å². The number of hydrogen-bond acceptors (Lipinski definition) is 7. The Labute approximate surface area is 217 Å². The number of hydrogen-bond donors (Lipinski definition) is 1. The van der Waals surface area contributed by atoms with Crippen LogP contribution < -0.4 is 9.47 Å². The molecule has 1 N–H and O–H groups in total. The number of likely N-dealkylation sites (tertiary alicyclic amines) is 1. The van der Waals surface area contributed by atoms with Crippen LogP contribution in [-0.2, 0) is 14.3 Å². The van der Waals surface area contributed by atoms with Gasteiger partial charge in [-0.3, -0.25) is 14.5 Å². The molecule has 0 radical (unpaired) electrons. The molecule has 1 amide bonds. The van der Waals surface area contributed by atoms with Gasteiger partial charge in [-0.15, -0.1) is 0 Å². The topological polar surface area (TPSA) is 88.5 Å². The van der Waals surface area contributed by atoms with E-state index in [0.717, 1.165) is 18.7 Å². The number of aryl methyl sites for hydroxylation is 1. The highest BCUT2D eigenvalue weighted by atomic mass is 16.5. The first-order chi connectivity index (χ1) is 17.9. The van der Waals surface area contributed by atoms with Crippen molar-refractivity contribution in [2.75, 3.05) is 52.6 Å². The standard InChI is InChI=1S/C29H34N2O6/c1-4-16-37-23-11-10-22(19-24(23)36-5-2)26-25(27(32)21-8-6-20(3)7-9-21)28(33)29(34)31(26)13-12-30-14-17-35-18-15-30/h4,6-11,19,26,32H,1,5,12-18H2,2-3H3/b27-25+. The van der Waals surface area contributed by atoms with Crippen LogP contribution in [0.25, 0.3) is 5.76 Å². The number of aliphatic hydroxyl groups excluding tert-OH is 1. The maximum atomic E-state index is 13.3. The summed E-state index contributed by atoms with van der Waals surface area (Å²) in [5.74, 6) is -0.487. The average molecular weight is 507 g/mol. The van der Waals surface area contributed by atoms with Crippen molar-refractivity contribution in [3.05, 3.63) is 77.4 Å². The summed E-state index contributed by atoms with van der Waals surface area (Å²) < 4.78 is 17.0. The molecule has 37 heavy (non-hydrogen) atoms. The molecule has 2 fully saturated rings. The van der Waals surface area contributed by atoms with Crippen LogP contribution in [0.5, 0.6) is 11.5 Å². The Hall–Kier alpha value is -3.62. The summed E-state index contributed by atoms with van der Waals surface area (Å²) in [4.78, 5) is 30.4. The first kappa shape index (κ1) is 26.4. The summed E-state index contributed by atoms with van der Waals surface area (Å²) in [5, 5.41) is 11.3. The zero-order valence-electron chi connectivity index (χ0n) is 21.4. The highest BCUT2D eigenvalue weighted by molar-refractivity contribution is 6.46. The Kier molecular flexibility index (Phi) is 8.63. The summed E-state index contributed by atoms with van der Waals surface area (Å²) >= 11 is 0. The number of rotatable bonds is 10. The van der Waals surface area contributed by atoms with Gasteiger partial charge in [0.15, 0.2) is 11.5 Å². The molecule has 2 aliphatic heterocycles. The smallest absolute Gasteiger partial charge is 0.295 e. The van der Waals surface area contributed by atoms with Gasteiger partial charge in [-0.1, -0.05) is 48.6 Å². The van der Waals surface area contributed by atoms with E-state index in [0.29, 0.717) is 62.1 Å². The Morgan fingerprint density at radius 1 is 1.08 bits per heavy atom. The summed E-state index contributed by atoms with van der Waals surface area (Å²) in [7, 11) is 0. The minimum absolute atomic E-state index is 0.0676. The molecular formula is C29H34N2O6. The van der Waals surface area contributed by atoms with Crippen molar-refractivity contribution in [3.63, 3.8) is 0 Å². The number of nitrogens with zero attached hydrogens (tertiary/aromatic N) is 2. The maximum Gasteiger partial charge on any atom is 0.295 e. The van der Waals surface area contributed by atoms with Gasteiger partial charge in [-0.25, -0.2) is 0 Å². The molecule has 2 heterocycles. The van der Waals surface area contributed by atoms with Crippen LogP contribution in [0.4, 0.5) is 0 Å². The molecule has 0 saturated carbocycles. The quantitative estimate of drug-likeness (QED) is 0.227. The Bertz CT molecular complexity index is 1170. The summed E-state index contributed by atoms with van der Waals surface area (Å²) in [6.07, 6.45) is 1.64. The first-order valence-corrected chi connectivity index (χ1v) is 12.6. The molecule has 0 aliphatic carbocycles. The van der Waals surface area contributed by atoms with Gasteiger partial charge in [0.05, 0.1) is 31.4 Å². The van der Waals surface area contributed by atoms with E-state index in [1.165, 1.54) is 0 Å². The highest BCUT2D eigenvalue weighted by Gasteiger charge is 2.46. The first-order valence-electron chi connectivity index (χ1n) is 12.6. The van der Waals surface area contributed by atoms with Gasteiger partial charge in [0.2, 0.25) is 0 Å². The minimum Gasteiger partial charge on any atom is -0.507 e. The van der Waals surface area contributed by atoms with E-state index in [1.807, 2.05) is 32.0 Å². The van der Waals surface area contributed by atoms with Crippen LogP contribution in [0.3, 0.4) is 0 Å². The molecular weight excluding hydrogens is 472 g/mol. The van der Waals surface area contributed by atoms with Gasteiger partial charge in [0.1, 0.15) is 12.4 Å². The van der Waals surface area contributed by atoms with Crippen molar-refractivity contribution < 1.29 is 28.9 Å². The molecule has 8 heteroatoms. The van der Waals surface area contributed by atoms with Crippen molar-refractivity contribution in [2.45, 2.75) is 19.9 Å². The summed E-state index contributed by atoms with van der Waals surface area (Å²) in [6, 6.07) is 11.8. The lowest BCUT2D eigenvalue weighted by atomic mass is 9.94. The largest absolute Gasteiger partial charge is 0.507 e. The van der Waals surface area contributed by atoms with Gasteiger partial charge >= 0.3 is 0 Å². The molecule has 8 nitrogen and oxygen atoms in total. The minimum atomic E-state index is -0.769. The second kappa shape index (κ2) is 12.1. The second-order valence-electron chi connectivity index (χ2n) is 9.05. The van der Waals surface area contributed by atoms with E-state index >= 15 is 0 Å².